The van der Waals surface area contributed by atoms with Crippen LogP contribution < -0.4 is 5.32 Å². The molecule has 0 aromatic carbocycles. The normalized spacial score (nSPS) is 15.2. The van der Waals surface area contributed by atoms with Gasteiger partial charge in [-0.15, -0.1) is 0 Å². The van der Waals surface area contributed by atoms with Crippen LogP contribution in [-0.4, -0.2) is 74.0 Å². The number of nitrogens with zero attached hydrogens (tertiary/aromatic N) is 3. The summed E-state index contributed by atoms with van der Waals surface area (Å²) in [4.78, 5) is 2.41. The van der Waals surface area contributed by atoms with Gasteiger partial charge in [0, 0.05) is 0 Å². The van der Waals surface area contributed by atoms with E-state index in [1.165, 1.54) is 0 Å². The Morgan fingerprint density at radius 1 is 1.00 bits per heavy atom. The molecule has 0 bridgehead atoms. The van der Waals surface area contributed by atoms with Gasteiger partial charge in [0.2, 0.25) is 0 Å². The molecule has 0 aliphatic heterocycles. The Morgan fingerprint density at radius 3 is 1.89 bits per heavy atom. The molecule has 0 saturated carbocycles. The van der Waals surface area contributed by atoms with Gasteiger partial charge in [-0.2, -0.15) is 0 Å². The first-order chi connectivity index (χ1) is 8.33. The number of rotatable bonds is 9. The van der Waals surface area contributed by atoms with E-state index in [0.717, 1.165) is 13.1 Å². The Kier molecular flexibility index (Phi) is 9.51. The van der Waals surface area contributed by atoms with E-state index in [-0.39, 0.29) is 0 Å². The minimum absolute atomic E-state index is 0.379. The molecule has 1 unspecified atom stereocenters. The zero-order chi connectivity index (χ0) is 14.3. The second-order valence-electron chi connectivity index (χ2n) is 5.69. The zero-order valence-electron chi connectivity index (χ0n) is 13.7. The predicted octanol–water partition coefficient (Wildman–Crippen LogP) is 0.881. The first kappa shape index (κ1) is 18.4. The van der Waals surface area contributed by atoms with E-state index in [4.69, 9.17) is 0 Å². The molecule has 1 N–H and O–H groups in total. The van der Waals surface area contributed by atoms with E-state index in [1.807, 2.05) is 0 Å². The van der Waals surface area contributed by atoms with Crippen LogP contribution in [0.5, 0.6) is 0 Å². The molecule has 0 rings (SSSR count). The molecule has 1 atom stereocenters. The first-order valence-corrected chi connectivity index (χ1v) is 9.89. The molecule has 0 fully saturated rings. The summed E-state index contributed by atoms with van der Waals surface area (Å²) < 4.78 is 5.23. The van der Waals surface area contributed by atoms with Crippen LogP contribution in [0, 0.1) is 0 Å². The molecule has 5 heteroatoms. The van der Waals surface area contributed by atoms with Gasteiger partial charge >= 0.3 is 121 Å². The number of nitrogens with one attached hydrogen (secondary N) is 1. The van der Waals surface area contributed by atoms with Crippen LogP contribution >= 0.6 is 0 Å². The number of hydrogen-bond acceptors (Lipinski definition) is 4. The van der Waals surface area contributed by atoms with Crippen LogP contribution in [0.2, 0.25) is 0 Å². The zero-order valence-corrected chi connectivity index (χ0v) is 16.7. The van der Waals surface area contributed by atoms with Crippen LogP contribution in [0.4, 0.5) is 0 Å². The molecular formula is C13H34GeN4. The van der Waals surface area contributed by atoms with E-state index in [9.17, 15) is 0 Å². The average Bonchev–Trinajstić information content (AvgIpc) is 2.31. The van der Waals surface area contributed by atoms with Crippen LogP contribution in [-0.2, 0) is 0 Å². The Balaban J connectivity index is 4.84. The van der Waals surface area contributed by atoms with E-state index >= 15 is 0 Å². The first-order valence-electron chi connectivity index (χ1n) is 7.23. The van der Waals surface area contributed by atoms with Gasteiger partial charge in [0.05, 0.1) is 0 Å². The Hall–Kier alpha value is 0.383. The predicted molar refractivity (Wildman–Crippen MR) is 84.2 cm³/mol. The number of hydrogen-bond donors (Lipinski definition) is 1. The molecule has 0 aliphatic carbocycles. The van der Waals surface area contributed by atoms with E-state index in [1.54, 1.807) is 0 Å². The van der Waals surface area contributed by atoms with Gasteiger partial charge < -0.3 is 0 Å². The third kappa shape index (κ3) is 6.52. The van der Waals surface area contributed by atoms with Crippen LogP contribution in [0.15, 0.2) is 0 Å². The van der Waals surface area contributed by atoms with Crippen molar-refractivity contribution >= 4 is 15.9 Å². The van der Waals surface area contributed by atoms with Crippen LogP contribution in [0.25, 0.3) is 0 Å². The summed E-state index contributed by atoms with van der Waals surface area (Å²) in [7, 11) is 4.47. The van der Waals surface area contributed by atoms with Crippen molar-refractivity contribution in [2.75, 3.05) is 27.2 Å². The Labute approximate surface area is 121 Å². The molecule has 0 aliphatic rings. The molecular weight excluding hydrogens is 285 g/mol. The van der Waals surface area contributed by atoms with E-state index in [2.05, 4.69) is 73.6 Å². The van der Waals surface area contributed by atoms with Crippen molar-refractivity contribution in [2.45, 2.75) is 59.9 Å². The van der Waals surface area contributed by atoms with Crippen molar-refractivity contribution in [3.8, 4) is 0 Å². The second kappa shape index (κ2) is 9.31. The molecule has 0 aromatic rings. The van der Waals surface area contributed by atoms with Crippen molar-refractivity contribution < 1.29 is 0 Å². The van der Waals surface area contributed by atoms with Gasteiger partial charge in [0.15, 0.2) is 0 Å². The molecule has 0 radical (unpaired) electrons. The third-order valence-electron chi connectivity index (χ3n) is 3.32. The third-order valence-corrected chi connectivity index (χ3v) is 8.22. The quantitative estimate of drug-likeness (QED) is 0.503. The topological polar surface area (TPSA) is 21.8 Å². The molecule has 0 spiro atoms. The summed E-state index contributed by atoms with van der Waals surface area (Å²) in [5, 5.41) is 3.71. The van der Waals surface area contributed by atoms with Crippen molar-refractivity contribution in [3.05, 3.63) is 0 Å². The molecule has 4 nitrogen and oxygen atoms in total. The Bertz CT molecular complexity index is 211. The van der Waals surface area contributed by atoms with Gasteiger partial charge in [-0.3, -0.25) is 0 Å². The van der Waals surface area contributed by atoms with E-state index < -0.39 is 15.9 Å². The average molecular weight is 319 g/mol. The molecule has 18 heavy (non-hydrogen) atoms. The minimum atomic E-state index is -0.856. The van der Waals surface area contributed by atoms with E-state index in [0.29, 0.717) is 18.4 Å². The Morgan fingerprint density at radius 2 is 1.56 bits per heavy atom. The standard InChI is InChI=1S/C13H34GeN4/c1-9-16(7)13(15-11(3)4)18(12(5)6)14-17(8)10-2/h11-13,15H,9-10,14H2,1-8H3. The van der Waals surface area contributed by atoms with Crippen LogP contribution in [0.3, 0.4) is 0 Å². The van der Waals surface area contributed by atoms with Gasteiger partial charge in [0.1, 0.15) is 0 Å². The SMILES string of the molecule is CC[N](C)[GeH2][N](C(C)C)C(NC(C)C)N(C)CC. The fraction of sp³-hybridized carbons (Fsp3) is 1.00. The van der Waals surface area contributed by atoms with Crippen molar-refractivity contribution in [1.29, 1.82) is 0 Å². The summed E-state index contributed by atoms with van der Waals surface area (Å²) in [6.07, 6.45) is 0.379. The maximum absolute atomic E-state index is 3.71. The maximum atomic E-state index is 3.71. The fourth-order valence-corrected chi connectivity index (χ4v) is 5.25. The molecule has 0 amide bonds. The molecule has 0 aromatic heterocycles. The van der Waals surface area contributed by atoms with Crippen molar-refractivity contribution in [1.82, 2.24) is 17.9 Å². The van der Waals surface area contributed by atoms with Crippen molar-refractivity contribution in [2.24, 2.45) is 0 Å². The molecule has 110 valence electrons. The van der Waals surface area contributed by atoms with Gasteiger partial charge in [-0.1, -0.05) is 0 Å². The summed E-state index contributed by atoms with van der Waals surface area (Å²) in [5.41, 5.74) is 0. The van der Waals surface area contributed by atoms with Gasteiger partial charge in [0.25, 0.3) is 0 Å². The van der Waals surface area contributed by atoms with Crippen molar-refractivity contribution in [3.63, 3.8) is 0 Å². The van der Waals surface area contributed by atoms with Gasteiger partial charge in [-0.05, 0) is 0 Å². The molecule has 0 saturated heterocycles. The fourth-order valence-electron chi connectivity index (χ4n) is 1.85. The van der Waals surface area contributed by atoms with Crippen LogP contribution in [0.1, 0.15) is 41.5 Å². The molecule has 0 heterocycles. The summed E-state index contributed by atoms with van der Waals surface area (Å²) in [5.74, 6) is 0. The monoisotopic (exact) mass is 320 g/mol. The summed E-state index contributed by atoms with van der Waals surface area (Å²) >= 11 is -0.856. The second-order valence-corrected chi connectivity index (χ2v) is 10.1. The van der Waals surface area contributed by atoms with Gasteiger partial charge in [-0.25, -0.2) is 0 Å². The summed E-state index contributed by atoms with van der Waals surface area (Å²) in [6.45, 7) is 15.8. The summed E-state index contributed by atoms with van der Waals surface area (Å²) in [6, 6.07) is 1.11.